The number of aromatic nitrogens is 2. The van der Waals surface area contributed by atoms with E-state index in [9.17, 15) is 15.0 Å². The molecule has 7 nitrogen and oxygen atoms in total. The lowest BCUT2D eigenvalue weighted by atomic mass is 10.1. The van der Waals surface area contributed by atoms with Crippen LogP contribution in [0.2, 0.25) is 0 Å². The number of carbonyl (C=O) groups is 1. The summed E-state index contributed by atoms with van der Waals surface area (Å²) < 4.78 is 1.65. The van der Waals surface area contributed by atoms with Crippen molar-refractivity contribution < 1.29 is 15.0 Å². The van der Waals surface area contributed by atoms with Gasteiger partial charge in [0.2, 0.25) is 0 Å². The Kier molecular flexibility index (Phi) is 5.25. The van der Waals surface area contributed by atoms with Crippen LogP contribution in [-0.2, 0) is 0 Å². The van der Waals surface area contributed by atoms with E-state index in [-0.39, 0.29) is 11.5 Å². The van der Waals surface area contributed by atoms with E-state index in [4.69, 9.17) is 0 Å². The van der Waals surface area contributed by atoms with Gasteiger partial charge in [-0.3, -0.25) is 4.79 Å². The lowest BCUT2D eigenvalue weighted by Crippen LogP contribution is -2.18. The van der Waals surface area contributed by atoms with E-state index in [1.165, 1.54) is 24.4 Å². The van der Waals surface area contributed by atoms with E-state index >= 15 is 0 Å². The molecule has 0 aliphatic rings. The van der Waals surface area contributed by atoms with Gasteiger partial charge in [-0.05, 0) is 24.3 Å². The molecule has 0 atom stereocenters. The Morgan fingerprint density at radius 1 is 0.967 bits per heavy atom. The SMILES string of the molecule is O=C(N/N=C/c1ccc(O)cc1O)c1cn(-c2ccccc2)nc1-c1ccccc1. The van der Waals surface area contributed by atoms with Gasteiger partial charge in [-0.15, -0.1) is 0 Å². The molecule has 3 N–H and O–H groups in total. The Morgan fingerprint density at radius 2 is 1.67 bits per heavy atom. The van der Waals surface area contributed by atoms with Crippen LogP contribution in [0.1, 0.15) is 15.9 Å². The van der Waals surface area contributed by atoms with Crippen molar-refractivity contribution in [1.29, 1.82) is 0 Å². The number of hydrazone groups is 1. The van der Waals surface area contributed by atoms with Gasteiger partial charge in [-0.1, -0.05) is 48.5 Å². The minimum absolute atomic E-state index is 0.0606. The number of rotatable bonds is 5. The molecule has 3 aromatic carbocycles. The van der Waals surface area contributed by atoms with Gasteiger partial charge in [0.15, 0.2) is 0 Å². The Labute approximate surface area is 172 Å². The molecular weight excluding hydrogens is 380 g/mol. The zero-order valence-electron chi connectivity index (χ0n) is 15.8. The third-order valence-corrected chi connectivity index (χ3v) is 4.41. The average molecular weight is 398 g/mol. The maximum atomic E-state index is 12.8. The van der Waals surface area contributed by atoms with Crippen molar-refractivity contribution in [3.63, 3.8) is 0 Å². The molecule has 30 heavy (non-hydrogen) atoms. The van der Waals surface area contributed by atoms with Crippen LogP contribution < -0.4 is 5.43 Å². The number of phenols is 2. The predicted octanol–water partition coefficient (Wildman–Crippen LogP) is 3.71. The number of benzene rings is 3. The van der Waals surface area contributed by atoms with Crippen molar-refractivity contribution in [2.24, 2.45) is 5.10 Å². The topological polar surface area (TPSA) is 99.7 Å². The monoisotopic (exact) mass is 398 g/mol. The van der Waals surface area contributed by atoms with E-state index in [1.54, 1.807) is 10.9 Å². The van der Waals surface area contributed by atoms with Crippen molar-refractivity contribution in [2.45, 2.75) is 0 Å². The second-order valence-corrected chi connectivity index (χ2v) is 6.48. The van der Waals surface area contributed by atoms with Gasteiger partial charge < -0.3 is 10.2 Å². The maximum Gasteiger partial charge on any atom is 0.275 e. The van der Waals surface area contributed by atoms with Crippen molar-refractivity contribution >= 4 is 12.1 Å². The Balaban J connectivity index is 1.64. The van der Waals surface area contributed by atoms with Gasteiger partial charge in [0.25, 0.3) is 5.91 Å². The van der Waals surface area contributed by atoms with Gasteiger partial charge in [0, 0.05) is 23.4 Å². The number of carbonyl (C=O) groups excluding carboxylic acids is 1. The van der Waals surface area contributed by atoms with Crippen LogP contribution in [0.25, 0.3) is 16.9 Å². The molecule has 1 aromatic heterocycles. The summed E-state index contributed by atoms with van der Waals surface area (Å²) >= 11 is 0. The first-order valence-electron chi connectivity index (χ1n) is 9.18. The standard InChI is InChI=1S/C23H18N4O3/c28-19-12-11-17(21(29)13-19)14-24-25-23(30)20-15-27(18-9-5-2-6-10-18)26-22(20)16-7-3-1-4-8-16/h1-15,28-29H,(H,25,30)/b24-14+. The van der Waals surface area contributed by atoms with Crippen molar-refractivity contribution in [3.8, 4) is 28.4 Å². The third-order valence-electron chi connectivity index (χ3n) is 4.41. The number of para-hydroxylation sites is 1. The maximum absolute atomic E-state index is 12.8. The van der Waals surface area contributed by atoms with Crippen molar-refractivity contribution in [2.75, 3.05) is 0 Å². The first kappa shape index (κ1) is 18.9. The first-order chi connectivity index (χ1) is 14.6. The van der Waals surface area contributed by atoms with Gasteiger partial charge in [0.05, 0.1) is 17.5 Å². The third kappa shape index (κ3) is 4.05. The fraction of sp³-hybridized carbons (Fsp3) is 0. The van der Waals surface area contributed by atoms with E-state index < -0.39 is 5.91 Å². The van der Waals surface area contributed by atoms with E-state index in [1.807, 2.05) is 60.7 Å². The molecule has 0 radical (unpaired) electrons. The largest absolute Gasteiger partial charge is 0.508 e. The average Bonchev–Trinajstić information content (AvgIpc) is 3.22. The molecule has 0 aliphatic carbocycles. The molecule has 0 fully saturated rings. The summed E-state index contributed by atoms with van der Waals surface area (Å²) in [6.07, 6.45) is 2.96. The van der Waals surface area contributed by atoms with Crippen LogP contribution >= 0.6 is 0 Å². The summed E-state index contributed by atoms with van der Waals surface area (Å²) in [6.45, 7) is 0. The van der Waals surface area contributed by atoms with Crippen LogP contribution in [0, 0.1) is 0 Å². The minimum atomic E-state index is -0.439. The first-order valence-corrected chi connectivity index (χ1v) is 9.18. The number of phenolic OH excluding ortho intramolecular Hbond substituents is 2. The highest BCUT2D eigenvalue weighted by atomic mass is 16.3. The van der Waals surface area contributed by atoms with E-state index in [2.05, 4.69) is 15.6 Å². The van der Waals surface area contributed by atoms with E-state index in [0.29, 0.717) is 16.8 Å². The molecule has 4 rings (SSSR count). The number of hydrogen-bond acceptors (Lipinski definition) is 5. The molecule has 4 aromatic rings. The molecule has 0 unspecified atom stereocenters. The van der Waals surface area contributed by atoms with Crippen molar-refractivity contribution in [1.82, 2.24) is 15.2 Å². The molecular formula is C23H18N4O3. The number of amides is 1. The second kappa shape index (κ2) is 8.32. The summed E-state index contributed by atoms with van der Waals surface area (Å²) in [5.41, 5.74) is 5.34. The normalized spacial score (nSPS) is 10.9. The summed E-state index contributed by atoms with van der Waals surface area (Å²) in [7, 11) is 0. The molecule has 0 bridgehead atoms. The minimum Gasteiger partial charge on any atom is -0.508 e. The summed E-state index contributed by atoms with van der Waals surface area (Å²) in [6, 6.07) is 23.0. The zero-order valence-corrected chi connectivity index (χ0v) is 15.8. The lowest BCUT2D eigenvalue weighted by molar-refractivity contribution is 0.0955. The number of aromatic hydroxyl groups is 2. The smallest absolute Gasteiger partial charge is 0.275 e. The Bertz CT molecular complexity index is 1200. The number of nitrogens with zero attached hydrogens (tertiary/aromatic N) is 3. The van der Waals surface area contributed by atoms with Gasteiger partial charge in [0.1, 0.15) is 17.2 Å². The zero-order chi connectivity index (χ0) is 20.9. The summed E-state index contributed by atoms with van der Waals surface area (Å²) in [5.74, 6) is -0.644. The van der Waals surface area contributed by atoms with Gasteiger partial charge in [-0.2, -0.15) is 10.2 Å². The Morgan fingerprint density at radius 3 is 2.37 bits per heavy atom. The lowest BCUT2D eigenvalue weighted by Gasteiger charge is -2.02. The molecule has 0 spiro atoms. The molecule has 0 saturated carbocycles. The fourth-order valence-corrected chi connectivity index (χ4v) is 2.92. The number of hydrogen-bond donors (Lipinski definition) is 3. The summed E-state index contributed by atoms with van der Waals surface area (Å²) in [5, 5.41) is 27.7. The molecule has 7 heteroatoms. The Hall–Kier alpha value is -4.39. The second-order valence-electron chi connectivity index (χ2n) is 6.48. The molecule has 1 amide bonds. The quantitative estimate of drug-likeness (QED) is 0.352. The predicted molar refractivity (Wildman–Crippen MR) is 114 cm³/mol. The molecule has 0 saturated heterocycles. The highest BCUT2D eigenvalue weighted by Gasteiger charge is 2.18. The van der Waals surface area contributed by atoms with Crippen LogP contribution in [0.3, 0.4) is 0 Å². The fourth-order valence-electron chi connectivity index (χ4n) is 2.92. The highest BCUT2D eigenvalue weighted by molar-refractivity contribution is 6.00. The highest BCUT2D eigenvalue weighted by Crippen LogP contribution is 2.24. The molecule has 0 aliphatic heterocycles. The van der Waals surface area contributed by atoms with Crippen LogP contribution in [-0.4, -0.2) is 32.1 Å². The molecule has 148 valence electrons. The van der Waals surface area contributed by atoms with Gasteiger partial charge in [-0.25, -0.2) is 10.1 Å². The van der Waals surface area contributed by atoms with Gasteiger partial charge >= 0.3 is 0 Å². The van der Waals surface area contributed by atoms with Crippen LogP contribution in [0.4, 0.5) is 0 Å². The molecule has 1 heterocycles. The summed E-state index contributed by atoms with van der Waals surface area (Å²) in [4.78, 5) is 12.8. The van der Waals surface area contributed by atoms with Crippen LogP contribution in [0.5, 0.6) is 11.5 Å². The van der Waals surface area contributed by atoms with E-state index in [0.717, 1.165) is 11.3 Å². The number of nitrogens with one attached hydrogen (secondary N) is 1. The van der Waals surface area contributed by atoms with Crippen molar-refractivity contribution in [3.05, 3.63) is 96.2 Å². The van der Waals surface area contributed by atoms with Crippen LogP contribution in [0.15, 0.2) is 90.2 Å².